The van der Waals surface area contributed by atoms with Crippen LogP contribution < -0.4 is 10.6 Å². The number of rotatable bonds is 5. The summed E-state index contributed by atoms with van der Waals surface area (Å²) < 4.78 is 37.1. The zero-order chi connectivity index (χ0) is 27.8. The lowest BCUT2D eigenvalue weighted by Crippen LogP contribution is -2.27. The Hall–Kier alpha value is -3.76. The summed E-state index contributed by atoms with van der Waals surface area (Å²) in [6.07, 6.45) is 0.151. The summed E-state index contributed by atoms with van der Waals surface area (Å²) >= 11 is 1.32. The van der Waals surface area contributed by atoms with Gasteiger partial charge in [0.25, 0.3) is 5.91 Å². The van der Waals surface area contributed by atoms with E-state index in [0.29, 0.717) is 33.4 Å². The second kappa shape index (κ2) is 10.4. The van der Waals surface area contributed by atoms with Gasteiger partial charge >= 0.3 is 6.09 Å². The van der Waals surface area contributed by atoms with Gasteiger partial charge in [0, 0.05) is 21.9 Å². The summed E-state index contributed by atoms with van der Waals surface area (Å²) in [6.45, 7) is 5.88. The van der Waals surface area contributed by atoms with Crippen LogP contribution in [0.4, 0.5) is 20.6 Å². The van der Waals surface area contributed by atoms with Gasteiger partial charge in [-0.15, -0.1) is 11.3 Å². The van der Waals surface area contributed by atoms with E-state index in [1.54, 1.807) is 57.2 Å². The quantitative estimate of drug-likeness (QED) is 0.261. The molecular weight excluding hydrogens is 537 g/mol. The SMILES string of the molecule is CC(C)(C)OC(=O)Nc1ccc(-c2ccc(F)cc2)cc1NC(=O)c1cc2cc(S3(=O)=NCCC3)ccc2s1. The third-order valence-electron chi connectivity index (χ3n) is 6.04. The molecule has 3 aromatic carbocycles. The van der Waals surface area contributed by atoms with E-state index < -0.39 is 21.4 Å². The van der Waals surface area contributed by atoms with Gasteiger partial charge in [-0.3, -0.25) is 10.1 Å². The highest BCUT2D eigenvalue weighted by atomic mass is 32.2. The van der Waals surface area contributed by atoms with Crippen LogP contribution in [0.2, 0.25) is 0 Å². The zero-order valence-corrected chi connectivity index (χ0v) is 23.4. The molecule has 1 atom stereocenters. The fraction of sp³-hybridized carbons (Fsp3) is 0.241. The number of halogens is 1. The van der Waals surface area contributed by atoms with Gasteiger partial charge in [0.1, 0.15) is 11.4 Å². The molecule has 0 aliphatic carbocycles. The van der Waals surface area contributed by atoms with Crippen LogP contribution in [0, 0.1) is 5.82 Å². The molecule has 1 unspecified atom stereocenters. The molecule has 5 rings (SSSR count). The van der Waals surface area contributed by atoms with E-state index in [2.05, 4.69) is 15.0 Å². The van der Waals surface area contributed by atoms with Crippen LogP contribution in [-0.4, -0.2) is 34.1 Å². The predicted molar refractivity (Wildman–Crippen MR) is 155 cm³/mol. The molecule has 2 N–H and O–H groups in total. The maximum Gasteiger partial charge on any atom is 0.412 e. The van der Waals surface area contributed by atoms with Gasteiger partial charge in [0.15, 0.2) is 0 Å². The monoisotopic (exact) mass is 565 g/mol. The van der Waals surface area contributed by atoms with Gasteiger partial charge in [-0.2, -0.15) is 0 Å². The molecular formula is C29H28FN3O4S2. The van der Waals surface area contributed by atoms with Crippen molar-refractivity contribution < 1.29 is 22.9 Å². The molecule has 39 heavy (non-hydrogen) atoms. The Morgan fingerprint density at radius 3 is 2.38 bits per heavy atom. The minimum Gasteiger partial charge on any atom is -0.444 e. The van der Waals surface area contributed by atoms with Crippen molar-refractivity contribution in [1.82, 2.24) is 0 Å². The molecule has 10 heteroatoms. The molecule has 4 aromatic rings. The van der Waals surface area contributed by atoms with Crippen LogP contribution in [0.15, 0.2) is 76.0 Å². The largest absolute Gasteiger partial charge is 0.444 e. The van der Waals surface area contributed by atoms with Crippen LogP contribution in [-0.2, 0) is 14.5 Å². The number of thiophene rings is 1. The summed E-state index contributed by atoms with van der Waals surface area (Å²) in [6, 6.07) is 18.5. The Bertz CT molecular complexity index is 1700. The van der Waals surface area contributed by atoms with Gasteiger partial charge in [0.05, 0.1) is 26.0 Å². The lowest BCUT2D eigenvalue weighted by molar-refractivity contribution is 0.0635. The number of hydrogen-bond acceptors (Lipinski definition) is 6. The third kappa shape index (κ3) is 6.12. The highest BCUT2D eigenvalue weighted by molar-refractivity contribution is 7.93. The number of anilines is 2. The molecule has 1 aromatic heterocycles. The molecule has 1 aliphatic heterocycles. The van der Waals surface area contributed by atoms with Crippen molar-refractivity contribution in [2.24, 2.45) is 4.36 Å². The first-order valence-corrected chi connectivity index (χ1v) is 14.9. The Balaban J connectivity index is 1.46. The lowest BCUT2D eigenvalue weighted by Gasteiger charge is -2.21. The second-order valence-electron chi connectivity index (χ2n) is 10.2. The van der Waals surface area contributed by atoms with E-state index >= 15 is 0 Å². The first kappa shape index (κ1) is 26.8. The maximum absolute atomic E-state index is 13.5. The summed E-state index contributed by atoms with van der Waals surface area (Å²) in [5.74, 6) is -0.168. The van der Waals surface area contributed by atoms with E-state index in [1.807, 2.05) is 18.2 Å². The topological polar surface area (TPSA) is 96.9 Å². The van der Waals surface area contributed by atoms with Crippen molar-refractivity contribution in [2.75, 3.05) is 22.9 Å². The number of nitrogens with zero attached hydrogens (tertiary/aromatic N) is 1. The van der Waals surface area contributed by atoms with E-state index in [0.717, 1.165) is 27.6 Å². The third-order valence-corrected chi connectivity index (χ3v) is 9.59. The van der Waals surface area contributed by atoms with E-state index in [1.165, 1.54) is 23.5 Å². The summed E-state index contributed by atoms with van der Waals surface area (Å²) in [7, 11) is -2.39. The minimum atomic E-state index is -2.39. The molecule has 0 radical (unpaired) electrons. The van der Waals surface area contributed by atoms with E-state index in [-0.39, 0.29) is 11.7 Å². The Morgan fingerprint density at radius 2 is 1.69 bits per heavy atom. The second-order valence-corrected chi connectivity index (χ2v) is 13.7. The number of carbonyl (C=O) groups excluding carboxylic acids is 2. The van der Waals surface area contributed by atoms with Crippen LogP contribution >= 0.6 is 11.3 Å². The fourth-order valence-electron chi connectivity index (χ4n) is 4.24. The van der Waals surface area contributed by atoms with Crippen LogP contribution in [0.25, 0.3) is 21.2 Å². The van der Waals surface area contributed by atoms with Crippen LogP contribution in [0.1, 0.15) is 36.9 Å². The van der Waals surface area contributed by atoms with Gasteiger partial charge in [-0.1, -0.05) is 18.2 Å². The van der Waals surface area contributed by atoms with Crippen molar-refractivity contribution in [3.63, 3.8) is 0 Å². The van der Waals surface area contributed by atoms with Crippen molar-refractivity contribution in [2.45, 2.75) is 37.7 Å². The first-order valence-electron chi connectivity index (χ1n) is 12.4. The van der Waals surface area contributed by atoms with Gasteiger partial charge in [-0.25, -0.2) is 17.8 Å². The molecule has 0 saturated carbocycles. The van der Waals surface area contributed by atoms with E-state index in [4.69, 9.17) is 4.74 Å². The Labute approximate surface area is 230 Å². The predicted octanol–water partition coefficient (Wildman–Crippen LogP) is 7.54. The molecule has 202 valence electrons. The lowest BCUT2D eigenvalue weighted by atomic mass is 10.0. The molecule has 0 fully saturated rings. The number of ether oxygens (including phenoxy) is 1. The van der Waals surface area contributed by atoms with Crippen molar-refractivity contribution in [1.29, 1.82) is 0 Å². The smallest absolute Gasteiger partial charge is 0.412 e. The molecule has 0 spiro atoms. The number of fused-ring (bicyclic) bond motifs is 1. The number of amides is 2. The van der Waals surface area contributed by atoms with Crippen molar-refractivity contribution >= 4 is 54.5 Å². The molecule has 7 nitrogen and oxygen atoms in total. The average molecular weight is 566 g/mol. The number of nitrogens with one attached hydrogen (secondary N) is 2. The highest BCUT2D eigenvalue weighted by Crippen LogP contribution is 2.33. The fourth-order valence-corrected chi connectivity index (χ4v) is 7.23. The van der Waals surface area contributed by atoms with Gasteiger partial charge < -0.3 is 10.1 Å². The first-order chi connectivity index (χ1) is 18.5. The van der Waals surface area contributed by atoms with Crippen molar-refractivity contribution in [3.8, 4) is 11.1 Å². The zero-order valence-electron chi connectivity index (χ0n) is 21.7. The molecule has 1 aliphatic rings. The summed E-state index contributed by atoms with van der Waals surface area (Å²) in [5, 5.41) is 6.43. The molecule has 2 heterocycles. The minimum absolute atomic E-state index is 0.352. The molecule has 2 amide bonds. The molecule has 0 saturated heterocycles. The standard InChI is InChI=1S/C29H28FN3O4S2/c1-29(2,3)37-28(35)33-23-11-7-19(18-5-8-21(30)9-6-18)16-24(23)32-27(34)26-17-20-15-22(10-12-25(20)38-26)39(36)14-4-13-31-39/h5-12,15-17H,4,13-14H2,1-3H3,(H,32,34)(H,33,35). The average Bonchev–Trinajstić information content (AvgIpc) is 3.51. The van der Waals surface area contributed by atoms with Crippen LogP contribution in [0.5, 0.6) is 0 Å². The summed E-state index contributed by atoms with van der Waals surface area (Å²) in [5.41, 5.74) is 1.49. The van der Waals surface area contributed by atoms with Crippen LogP contribution in [0.3, 0.4) is 0 Å². The molecule has 0 bridgehead atoms. The Kier molecular flexibility index (Phi) is 7.17. The van der Waals surface area contributed by atoms with Crippen molar-refractivity contribution in [3.05, 3.63) is 77.4 Å². The highest BCUT2D eigenvalue weighted by Gasteiger charge is 2.21. The number of hydrogen-bond donors (Lipinski definition) is 2. The normalized spacial score (nSPS) is 17.0. The Morgan fingerprint density at radius 1 is 0.949 bits per heavy atom. The number of benzene rings is 3. The van der Waals surface area contributed by atoms with Gasteiger partial charge in [-0.05, 0) is 92.2 Å². The number of carbonyl (C=O) groups is 2. The summed E-state index contributed by atoms with van der Waals surface area (Å²) in [4.78, 5) is 27.0. The van der Waals surface area contributed by atoms with E-state index in [9.17, 15) is 18.2 Å². The maximum atomic E-state index is 13.5. The van der Waals surface area contributed by atoms with Gasteiger partial charge in [0.2, 0.25) is 0 Å².